The highest BCUT2D eigenvalue weighted by molar-refractivity contribution is 7.16. The van der Waals surface area contributed by atoms with Crippen LogP contribution in [0.2, 0.25) is 0 Å². The Kier molecular flexibility index (Phi) is 3.96. The Bertz CT molecular complexity index is 1010. The van der Waals surface area contributed by atoms with Crippen molar-refractivity contribution in [1.82, 2.24) is 19.7 Å². The van der Waals surface area contributed by atoms with Crippen molar-refractivity contribution >= 4 is 27.4 Å². The molecule has 3 aromatic heterocycles. The summed E-state index contributed by atoms with van der Waals surface area (Å²) in [6.07, 6.45) is 8.13. The molecule has 0 aromatic carbocycles. The van der Waals surface area contributed by atoms with Crippen LogP contribution in [0.25, 0.3) is 10.2 Å². The number of anilines is 1. The molecule has 7 heteroatoms. The van der Waals surface area contributed by atoms with Crippen LogP contribution < -0.4 is 10.5 Å². The van der Waals surface area contributed by atoms with Crippen molar-refractivity contribution in [3.63, 3.8) is 0 Å². The summed E-state index contributed by atoms with van der Waals surface area (Å²) in [6, 6.07) is 4.15. The summed E-state index contributed by atoms with van der Waals surface area (Å²) >= 11 is 1.64. The molecule has 1 fully saturated rings. The Labute approximate surface area is 155 Å². The van der Waals surface area contributed by atoms with E-state index in [1.807, 2.05) is 6.07 Å². The average Bonchev–Trinajstić information content (AvgIpc) is 3.31. The molecule has 1 aliphatic carbocycles. The number of thiophene rings is 1. The Balaban J connectivity index is 1.47. The molecule has 1 atom stereocenters. The molecule has 6 nitrogen and oxygen atoms in total. The summed E-state index contributed by atoms with van der Waals surface area (Å²) in [5.74, 6) is 0.991. The third kappa shape index (κ3) is 2.70. The van der Waals surface area contributed by atoms with Gasteiger partial charge in [-0.05, 0) is 55.5 Å². The second-order valence-electron chi connectivity index (χ2n) is 7.17. The van der Waals surface area contributed by atoms with Crippen molar-refractivity contribution < 1.29 is 0 Å². The SMILES string of the molecule is O=c1cc2c(nn1CC1CCCN1c1ncnc3sccc13)CCCC2. The molecule has 0 amide bonds. The van der Waals surface area contributed by atoms with Gasteiger partial charge in [0, 0.05) is 12.6 Å². The van der Waals surface area contributed by atoms with Crippen molar-refractivity contribution in [1.29, 1.82) is 0 Å². The van der Waals surface area contributed by atoms with E-state index in [-0.39, 0.29) is 11.6 Å². The zero-order valence-electron chi connectivity index (χ0n) is 14.6. The van der Waals surface area contributed by atoms with E-state index in [2.05, 4.69) is 26.3 Å². The summed E-state index contributed by atoms with van der Waals surface area (Å²) in [7, 11) is 0. The summed E-state index contributed by atoms with van der Waals surface area (Å²) in [5.41, 5.74) is 2.29. The highest BCUT2D eigenvalue weighted by atomic mass is 32.1. The highest BCUT2D eigenvalue weighted by Gasteiger charge is 2.28. The minimum absolute atomic E-state index is 0.0286. The maximum atomic E-state index is 12.6. The van der Waals surface area contributed by atoms with Crippen LogP contribution in [0.5, 0.6) is 0 Å². The van der Waals surface area contributed by atoms with Crippen molar-refractivity contribution in [2.75, 3.05) is 11.4 Å². The molecule has 1 saturated heterocycles. The van der Waals surface area contributed by atoms with E-state index in [0.29, 0.717) is 6.54 Å². The quantitative estimate of drug-likeness (QED) is 0.712. The van der Waals surface area contributed by atoms with Gasteiger partial charge in [-0.25, -0.2) is 14.6 Å². The van der Waals surface area contributed by atoms with E-state index in [4.69, 9.17) is 5.10 Å². The molecule has 0 spiro atoms. The van der Waals surface area contributed by atoms with Crippen LogP contribution in [-0.4, -0.2) is 32.3 Å². The second-order valence-corrected chi connectivity index (χ2v) is 8.06. The normalized spacial score (nSPS) is 19.8. The van der Waals surface area contributed by atoms with Gasteiger partial charge in [-0.1, -0.05) is 0 Å². The predicted molar refractivity (Wildman–Crippen MR) is 103 cm³/mol. The van der Waals surface area contributed by atoms with Gasteiger partial charge in [-0.3, -0.25) is 4.79 Å². The van der Waals surface area contributed by atoms with Gasteiger partial charge in [0.1, 0.15) is 17.0 Å². The molecule has 2 aliphatic rings. The van der Waals surface area contributed by atoms with E-state index in [1.54, 1.807) is 22.3 Å². The lowest BCUT2D eigenvalue weighted by Crippen LogP contribution is -2.38. The summed E-state index contributed by atoms with van der Waals surface area (Å²) in [5, 5.41) is 7.87. The fourth-order valence-corrected chi connectivity index (χ4v) is 4.97. The van der Waals surface area contributed by atoms with Crippen molar-refractivity contribution in [2.45, 2.75) is 51.1 Å². The first-order valence-electron chi connectivity index (χ1n) is 9.34. The number of hydrogen-bond donors (Lipinski definition) is 0. The lowest BCUT2D eigenvalue weighted by Gasteiger charge is -2.27. The first-order chi connectivity index (χ1) is 12.8. The third-order valence-electron chi connectivity index (χ3n) is 5.55. The maximum absolute atomic E-state index is 12.6. The van der Waals surface area contributed by atoms with Gasteiger partial charge >= 0.3 is 0 Å². The molecule has 134 valence electrons. The third-order valence-corrected chi connectivity index (χ3v) is 6.37. The van der Waals surface area contributed by atoms with Crippen LogP contribution >= 0.6 is 11.3 Å². The van der Waals surface area contributed by atoms with E-state index in [9.17, 15) is 4.79 Å². The van der Waals surface area contributed by atoms with Crippen LogP contribution in [0.3, 0.4) is 0 Å². The van der Waals surface area contributed by atoms with Crippen LogP contribution in [0.1, 0.15) is 36.9 Å². The van der Waals surface area contributed by atoms with Gasteiger partial charge in [0.25, 0.3) is 5.56 Å². The molecule has 0 bridgehead atoms. The number of fused-ring (bicyclic) bond motifs is 2. The van der Waals surface area contributed by atoms with E-state index < -0.39 is 0 Å². The van der Waals surface area contributed by atoms with Gasteiger partial charge in [-0.2, -0.15) is 5.10 Å². The fourth-order valence-electron chi connectivity index (χ4n) is 4.24. The maximum Gasteiger partial charge on any atom is 0.267 e. The zero-order valence-corrected chi connectivity index (χ0v) is 15.4. The Morgan fingerprint density at radius 1 is 1.19 bits per heavy atom. The standard InChI is InChI=1S/C19H21N5OS/c25-17-10-13-4-1-2-6-16(13)22-24(17)11-14-5-3-8-23(14)18-15-7-9-26-19(15)21-12-20-18/h7,9-10,12,14H,1-6,8,11H2. The van der Waals surface area contributed by atoms with Gasteiger partial charge in [0.15, 0.2) is 0 Å². The lowest BCUT2D eigenvalue weighted by atomic mass is 9.97. The van der Waals surface area contributed by atoms with E-state index >= 15 is 0 Å². The van der Waals surface area contributed by atoms with Gasteiger partial charge < -0.3 is 4.90 Å². The van der Waals surface area contributed by atoms with Gasteiger partial charge in [-0.15, -0.1) is 11.3 Å². The Morgan fingerprint density at radius 2 is 2.12 bits per heavy atom. The first kappa shape index (κ1) is 15.9. The Hall–Kier alpha value is -2.28. The summed E-state index contributed by atoms with van der Waals surface area (Å²) in [4.78, 5) is 24.8. The van der Waals surface area contributed by atoms with Gasteiger partial charge in [0.2, 0.25) is 0 Å². The van der Waals surface area contributed by atoms with Crippen LogP contribution in [0.4, 0.5) is 5.82 Å². The number of aryl methyl sites for hydroxylation is 2. The number of aromatic nitrogens is 4. The molecule has 5 rings (SSSR count). The summed E-state index contributed by atoms with van der Waals surface area (Å²) < 4.78 is 1.68. The van der Waals surface area contributed by atoms with Crippen molar-refractivity contribution in [3.05, 3.63) is 45.5 Å². The number of rotatable bonds is 3. The monoisotopic (exact) mass is 367 g/mol. The highest BCUT2D eigenvalue weighted by Crippen LogP contribution is 2.32. The largest absolute Gasteiger partial charge is 0.351 e. The van der Waals surface area contributed by atoms with Gasteiger partial charge in [0.05, 0.1) is 23.7 Å². The molecule has 0 saturated carbocycles. The van der Waals surface area contributed by atoms with Crippen LogP contribution in [-0.2, 0) is 19.4 Å². The minimum atomic E-state index is 0.0286. The fraction of sp³-hybridized carbons (Fsp3) is 0.474. The zero-order chi connectivity index (χ0) is 17.5. The first-order valence-corrected chi connectivity index (χ1v) is 10.2. The smallest absolute Gasteiger partial charge is 0.267 e. The number of nitrogens with zero attached hydrogens (tertiary/aromatic N) is 5. The molecule has 26 heavy (non-hydrogen) atoms. The molecule has 1 aliphatic heterocycles. The molecule has 3 aromatic rings. The summed E-state index contributed by atoms with van der Waals surface area (Å²) in [6.45, 7) is 1.59. The molecular weight excluding hydrogens is 346 g/mol. The second kappa shape index (κ2) is 6.46. The molecule has 4 heterocycles. The molecule has 0 radical (unpaired) electrons. The number of hydrogen-bond acceptors (Lipinski definition) is 6. The molecule has 0 N–H and O–H groups in total. The Morgan fingerprint density at radius 3 is 3.08 bits per heavy atom. The van der Waals surface area contributed by atoms with Crippen LogP contribution in [0, 0.1) is 0 Å². The molecule has 1 unspecified atom stereocenters. The lowest BCUT2D eigenvalue weighted by molar-refractivity contribution is 0.472. The average molecular weight is 367 g/mol. The predicted octanol–water partition coefficient (Wildman–Crippen LogP) is 2.80. The topological polar surface area (TPSA) is 63.9 Å². The van der Waals surface area contributed by atoms with E-state index in [1.165, 1.54) is 12.8 Å². The van der Waals surface area contributed by atoms with Crippen molar-refractivity contribution in [2.24, 2.45) is 0 Å². The van der Waals surface area contributed by atoms with Crippen LogP contribution in [0.15, 0.2) is 28.6 Å². The molecular formula is C19H21N5OS. The minimum Gasteiger partial charge on any atom is -0.351 e. The van der Waals surface area contributed by atoms with Crippen molar-refractivity contribution in [3.8, 4) is 0 Å². The van der Waals surface area contributed by atoms with E-state index in [0.717, 1.165) is 59.5 Å².